The molecule has 5 nitrogen and oxygen atoms in total. The minimum absolute atomic E-state index is 0.0672. The van der Waals surface area contributed by atoms with Crippen LogP contribution in [0.2, 0.25) is 0 Å². The SMILES string of the molecule is CSc1cccc(F)c1C(=O)N1CC[C@H]2OCC(=O)N[C@H]2C1. The van der Waals surface area contributed by atoms with Gasteiger partial charge in [0.05, 0.1) is 17.7 Å². The summed E-state index contributed by atoms with van der Waals surface area (Å²) in [5.41, 5.74) is 0.108. The molecular formula is C15H17FN2O3S. The van der Waals surface area contributed by atoms with Crippen LogP contribution < -0.4 is 5.32 Å². The van der Waals surface area contributed by atoms with E-state index in [4.69, 9.17) is 4.74 Å². The molecule has 2 atom stereocenters. The molecule has 1 aromatic carbocycles. The number of likely N-dealkylation sites (tertiary alicyclic amines) is 1. The van der Waals surface area contributed by atoms with Crippen molar-refractivity contribution in [2.75, 3.05) is 26.0 Å². The van der Waals surface area contributed by atoms with Gasteiger partial charge in [-0.2, -0.15) is 0 Å². The maximum absolute atomic E-state index is 14.1. The molecule has 0 bridgehead atoms. The monoisotopic (exact) mass is 324 g/mol. The van der Waals surface area contributed by atoms with Gasteiger partial charge < -0.3 is 15.0 Å². The lowest BCUT2D eigenvalue weighted by atomic mass is 9.99. The summed E-state index contributed by atoms with van der Waals surface area (Å²) in [5, 5.41) is 2.84. The Kier molecular flexibility index (Phi) is 4.35. The first-order valence-electron chi connectivity index (χ1n) is 7.13. The third-order valence-electron chi connectivity index (χ3n) is 4.02. The summed E-state index contributed by atoms with van der Waals surface area (Å²) in [4.78, 5) is 26.3. The summed E-state index contributed by atoms with van der Waals surface area (Å²) >= 11 is 1.34. The van der Waals surface area contributed by atoms with Crippen LogP contribution in [0, 0.1) is 5.82 Å². The van der Waals surface area contributed by atoms with E-state index in [9.17, 15) is 14.0 Å². The molecule has 2 saturated heterocycles. The highest BCUT2D eigenvalue weighted by atomic mass is 32.2. The molecule has 2 amide bonds. The Bertz CT molecular complexity index is 610. The van der Waals surface area contributed by atoms with Crippen molar-refractivity contribution in [2.45, 2.75) is 23.5 Å². The molecule has 118 valence electrons. The fraction of sp³-hybridized carbons (Fsp3) is 0.467. The molecule has 2 aliphatic rings. The molecule has 22 heavy (non-hydrogen) atoms. The van der Waals surface area contributed by atoms with E-state index in [0.717, 1.165) is 0 Å². The molecule has 7 heteroatoms. The molecule has 0 radical (unpaired) electrons. The van der Waals surface area contributed by atoms with Crippen LogP contribution in [0.25, 0.3) is 0 Å². The van der Waals surface area contributed by atoms with Crippen LogP contribution >= 0.6 is 11.8 Å². The molecule has 0 saturated carbocycles. The second-order valence-corrected chi connectivity index (χ2v) is 6.23. The zero-order valence-corrected chi connectivity index (χ0v) is 13.0. The first-order chi connectivity index (χ1) is 10.6. The molecule has 1 aromatic rings. The lowest BCUT2D eigenvalue weighted by Crippen LogP contribution is -2.61. The smallest absolute Gasteiger partial charge is 0.258 e. The molecule has 0 aliphatic carbocycles. The topological polar surface area (TPSA) is 58.6 Å². The van der Waals surface area contributed by atoms with Crippen LogP contribution in [0.5, 0.6) is 0 Å². The Labute approximate surface area is 132 Å². The van der Waals surface area contributed by atoms with Crippen molar-refractivity contribution in [3.63, 3.8) is 0 Å². The number of rotatable bonds is 2. The molecule has 0 aromatic heterocycles. The van der Waals surface area contributed by atoms with Gasteiger partial charge in [-0.05, 0) is 24.8 Å². The lowest BCUT2D eigenvalue weighted by molar-refractivity contribution is -0.139. The van der Waals surface area contributed by atoms with Crippen molar-refractivity contribution in [3.8, 4) is 0 Å². The van der Waals surface area contributed by atoms with Gasteiger partial charge in [0, 0.05) is 18.0 Å². The number of thioether (sulfide) groups is 1. The Morgan fingerprint density at radius 1 is 1.50 bits per heavy atom. The summed E-state index contributed by atoms with van der Waals surface area (Å²) in [6.07, 6.45) is 2.38. The summed E-state index contributed by atoms with van der Waals surface area (Å²) < 4.78 is 19.6. The van der Waals surface area contributed by atoms with Crippen LogP contribution in [0.3, 0.4) is 0 Å². The van der Waals surface area contributed by atoms with E-state index in [2.05, 4.69) is 5.32 Å². The zero-order chi connectivity index (χ0) is 15.7. The number of nitrogens with one attached hydrogen (secondary N) is 1. The maximum Gasteiger partial charge on any atom is 0.258 e. The summed E-state index contributed by atoms with van der Waals surface area (Å²) in [5.74, 6) is -1.02. The van der Waals surface area contributed by atoms with E-state index in [1.165, 1.54) is 17.8 Å². The van der Waals surface area contributed by atoms with E-state index in [1.807, 2.05) is 6.26 Å². The molecule has 2 fully saturated rings. The van der Waals surface area contributed by atoms with Gasteiger partial charge in [-0.3, -0.25) is 9.59 Å². The average molecular weight is 324 g/mol. The number of halogens is 1. The standard InChI is InChI=1S/C15H17FN2O3S/c1-22-12-4-2-3-9(16)14(12)15(20)18-6-5-11-10(7-18)17-13(19)8-21-11/h2-4,10-11H,5-8H2,1H3,(H,17,19)/t10-,11+/m0/s1. The van der Waals surface area contributed by atoms with Gasteiger partial charge in [0.15, 0.2) is 0 Å². The van der Waals surface area contributed by atoms with Crippen LogP contribution in [-0.2, 0) is 9.53 Å². The predicted molar refractivity (Wildman–Crippen MR) is 80.4 cm³/mol. The fourth-order valence-corrected chi connectivity index (χ4v) is 3.53. The number of carbonyl (C=O) groups is 2. The first-order valence-corrected chi connectivity index (χ1v) is 8.35. The van der Waals surface area contributed by atoms with Gasteiger partial charge in [-0.15, -0.1) is 11.8 Å². The van der Waals surface area contributed by atoms with Crippen molar-refractivity contribution in [3.05, 3.63) is 29.6 Å². The summed E-state index contributed by atoms with van der Waals surface area (Å²) in [6, 6.07) is 4.41. The summed E-state index contributed by atoms with van der Waals surface area (Å²) in [7, 11) is 0. The number of ether oxygens (including phenoxy) is 1. The van der Waals surface area contributed by atoms with Gasteiger partial charge in [-0.1, -0.05) is 6.07 Å². The van der Waals surface area contributed by atoms with Crippen molar-refractivity contribution in [2.24, 2.45) is 0 Å². The second kappa shape index (κ2) is 6.26. The highest BCUT2D eigenvalue weighted by Gasteiger charge is 2.37. The Hall–Kier alpha value is -1.60. The van der Waals surface area contributed by atoms with Crippen LogP contribution in [0.1, 0.15) is 16.8 Å². The molecule has 2 heterocycles. The van der Waals surface area contributed by atoms with Gasteiger partial charge in [0.2, 0.25) is 5.91 Å². The van der Waals surface area contributed by atoms with Gasteiger partial charge >= 0.3 is 0 Å². The van der Waals surface area contributed by atoms with Crippen molar-refractivity contribution in [1.82, 2.24) is 10.2 Å². The number of morpholine rings is 1. The van der Waals surface area contributed by atoms with Crippen molar-refractivity contribution in [1.29, 1.82) is 0 Å². The minimum atomic E-state index is -0.511. The van der Waals surface area contributed by atoms with Crippen LogP contribution in [0.15, 0.2) is 23.1 Å². The maximum atomic E-state index is 14.1. The van der Waals surface area contributed by atoms with E-state index >= 15 is 0 Å². The molecule has 3 rings (SSSR count). The quantitative estimate of drug-likeness (QED) is 0.833. The Morgan fingerprint density at radius 3 is 3.09 bits per heavy atom. The molecule has 0 unspecified atom stereocenters. The normalized spacial score (nSPS) is 24.6. The highest BCUT2D eigenvalue weighted by molar-refractivity contribution is 7.98. The fourth-order valence-electron chi connectivity index (χ4n) is 2.92. The molecular weight excluding hydrogens is 307 g/mol. The van der Waals surface area contributed by atoms with E-state index in [0.29, 0.717) is 24.4 Å². The van der Waals surface area contributed by atoms with E-state index in [1.54, 1.807) is 17.0 Å². The average Bonchev–Trinajstić information content (AvgIpc) is 2.53. The van der Waals surface area contributed by atoms with Crippen molar-refractivity contribution >= 4 is 23.6 Å². The zero-order valence-electron chi connectivity index (χ0n) is 12.2. The summed E-state index contributed by atoms with van der Waals surface area (Å²) in [6.45, 7) is 0.911. The number of hydrogen-bond donors (Lipinski definition) is 1. The first kappa shape index (κ1) is 15.3. The number of benzene rings is 1. The molecule has 2 aliphatic heterocycles. The van der Waals surface area contributed by atoms with Crippen molar-refractivity contribution < 1.29 is 18.7 Å². The third kappa shape index (κ3) is 2.83. The van der Waals surface area contributed by atoms with Gasteiger partial charge in [-0.25, -0.2) is 4.39 Å². The molecule has 0 spiro atoms. The number of fused-ring (bicyclic) bond motifs is 1. The predicted octanol–water partition coefficient (Wildman–Crippen LogP) is 1.28. The Morgan fingerprint density at radius 2 is 2.32 bits per heavy atom. The number of nitrogens with zero attached hydrogens (tertiary/aromatic N) is 1. The van der Waals surface area contributed by atoms with Crippen LogP contribution in [-0.4, -0.2) is 54.8 Å². The highest BCUT2D eigenvalue weighted by Crippen LogP contribution is 2.26. The van der Waals surface area contributed by atoms with Gasteiger partial charge in [0.25, 0.3) is 5.91 Å². The third-order valence-corrected chi connectivity index (χ3v) is 4.80. The Balaban J connectivity index is 1.80. The van der Waals surface area contributed by atoms with Crippen LogP contribution in [0.4, 0.5) is 4.39 Å². The largest absolute Gasteiger partial charge is 0.366 e. The number of piperidine rings is 1. The van der Waals surface area contributed by atoms with E-state index in [-0.39, 0.29) is 36.1 Å². The second-order valence-electron chi connectivity index (χ2n) is 5.38. The minimum Gasteiger partial charge on any atom is -0.366 e. The number of amides is 2. The molecule has 1 N–H and O–H groups in total. The lowest BCUT2D eigenvalue weighted by Gasteiger charge is -2.41. The van der Waals surface area contributed by atoms with E-state index < -0.39 is 5.82 Å². The number of carbonyl (C=O) groups excluding carboxylic acids is 2. The van der Waals surface area contributed by atoms with Gasteiger partial charge in [0.1, 0.15) is 12.4 Å². The number of hydrogen-bond acceptors (Lipinski definition) is 4.